The van der Waals surface area contributed by atoms with Crippen molar-refractivity contribution in [2.75, 3.05) is 25.5 Å². The summed E-state index contributed by atoms with van der Waals surface area (Å²) in [5.74, 6) is 1.51. The molecule has 9 heteroatoms. The van der Waals surface area contributed by atoms with Crippen LogP contribution < -0.4 is 5.32 Å². The summed E-state index contributed by atoms with van der Waals surface area (Å²) in [7, 11) is 1.93. The van der Waals surface area contributed by atoms with Crippen LogP contribution in [-0.4, -0.2) is 50.8 Å². The van der Waals surface area contributed by atoms with Gasteiger partial charge in [0, 0.05) is 49.0 Å². The summed E-state index contributed by atoms with van der Waals surface area (Å²) in [5.41, 5.74) is 1.77. The summed E-state index contributed by atoms with van der Waals surface area (Å²) in [6.07, 6.45) is 8.75. The van der Waals surface area contributed by atoms with Crippen molar-refractivity contribution >= 4 is 23.9 Å². The number of hydrogen-bond donors (Lipinski definition) is 1. The second-order valence-corrected chi connectivity index (χ2v) is 7.66. The first kappa shape index (κ1) is 21.7. The average Bonchev–Trinajstić information content (AvgIpc) is 3.31. The number of hydrogen-bond acceptors (Lipinski definition) is 9. The minimum atomic E-state index is 0.302. The number of piperidine rings is 1. The Labute approximate surface area is 179 Å². The van der Waals surface area contributed by atoms with Crippen LogP contribution >= 0.6 is 11.9 Å². The lowest BCUT2D eigenvalue weighted by Crippen LogP contribution is -2.27. The summed E-state index contributed by atoms with van der Waals surface area (Å²) in [6, 6.07) is 8.49. The zero-order valence-corrected chi connectivity index (χ0v) is 17.6. The van der Waals surface area contributed by atoms with E-state index >= 15 is 0 Å². The number of aromatic nitrogens is 4. The van der Waals surface area contributed by atoms with Gasteiger partial charge in [0.05, 0.1) is 6.20 Å². The highest BCUT2D eigenvalue weighted by Crippen LogP contribution is 2.33. The van der Waals surface area contributed by atoms with Gasteiger partial charge in [-0.15, -0.1) is 0 Å². The van der Waals surface area contributed by atoms with Gasteiger partial charge in [-0.05, 0) is 55.1 Å². The zero-order valence-electron chi connectivity index (χ0n) is 16.8. The molecule has 0 aliphatic carbocycles. The van der Waals surface area contributed by atoms with Gasteiger partial charge in [0.25, 0.3) is 0 Å². The molecule has 1 aliphatic rings. The predicted octanol–water partition coefficient (Wildman–Crippen LogP) is 3.83. The number of benzene rings is 1. The fourth-order valence-corrected chi connectivity index (χ4v) is 3.89. The molecule has 1 aromatic carbocycles. The molecule has 0 amide bonds. The van der Waals surface area contributed by atoms with E-state index in [4.69, 9.17) is 9.32 Å². The second kappa shape index (κ2) is 11.2. The van der Waals surface area contributed by atoms with E-state index in [2.05, 4.69) is 60.6 Å². The van der Waals surface area contributed by atoms with Crippen LogP contribution in [0, 0.1) is 0 Å². The molecular formula is C21H24N6O2S. The van der Waals surface area contributed by atoms with E-state index < -0.39 is 0 Å². The fourth-order valence-electron chi connectivity index (χ4n) is 2.95. The number of carbonyl (C=O) groups excluding carboxylic acids is 1. The van der Waals surface area contributed by atoms with Gasteiger partial charge in [-0.2, -0.15) is 4.98 Å². The molecule has 156 valence electrons. The maximum absolute atomic E-state index is 9.06. The van der Waals surface area contributed by atoms with Crippen LogP contribution in [0.4, 0.5) is 5.69 Å². The van der Waals surface area contributed by atoms with Crippen molar-refractivity contribution < 1.29 is 9.32 Å². The van der Waals surface area contributed by atoms with E-state index in [1.54, 1.807) is 30.5 Å². The predicted molar refractivity (Wildman–Crippen MR) is 117 cm³/mol. The number of allylic oxidation sites excluding steroid dienone is 1. The Morgan fingerprint density at radius 1 is 1.23 bits per heavy atom. The second-order valence-electron chi connectivity index (χ2n) is 6.49. The lowest BCUT2D eigenvalue weighted by molar-refractivity contribution is -0.104. The highest BCUT2D eigenvalue weighted by Gasteiger charge is 2.26. The van der Waals surface area contributed by atoms with Gasteiger partial charge in [-0.1, -0.05) is 11.7 Å². The topological polar surface area (TPSA) is 97.0 Å². The molecule has 0 atom stereocenters. The quantitative estimate of drug-likeness (QED) is 0.360. The normalized spacial score (nSPS) is 14.4. The van der Waals surface area contributed by atoms with Gasteiger partial charge in [0.2, 0.25) is 11.7 Å². The number of nitrogens with one attached hydrogen (secondary N) is 1. The number of rotatable bonds is 6. The summed E-state index contributed by atoms with van der Waals surface area (Å²) < 4.78 is 7.87. The number of aldehydes is 1. The van der Waals surface area contributed by atoms with Crippen LogP contribution in [0.5, 0.6) is 0 Å². The van der Waals surface area contributed by atoms with Gasteiger partial charge in [0.1, 0.15) is 12.0 Å². The zero-order chi connectivity index (χ0) is 21.2. The Morgan fingerprint density at radius 3 is 2.57 bits per heavy atom. The minimum Gasteiger partial charge on any atom is -0.388 e. The van der Waals surface area contributed by atoms with Crippen molar-refractivity contribution in [3.05, 3.63) is 61.4 Å². The fraction of sp³-hybridized carbons (Fsp3) is 0.286. The molecule has 3 aromatic rings. The third kappa shape index (κ3) is 5.98. The van der Waals surface area contributed by atoms with Crippen molar-refractivity contribution in [3.63, 3.8) is 0 Å². The van der Waals surface area contributed by atoms with Crippen LogP contribution in [0.25, 0.3) is 11.5 Å². The lowest BCUT2D eigenvalue weighted by atomic mass is 9.98. The first-order valence-corrected chi connectivity index (χ1v) is 10.4. The highest BCUT2D eigenvalue weighted by atomic mass is 32.2. The van der Waals surface area contributed by atoms with Crippen molar-refractivity contribution in [2.45, 2.75) is 23.7 Å². The van der Waals surface area contributed by atoms with Gasteiger partial charge < -0.3 is 9.84 Å². The Bertz CT molecular complexity index is 918. The van der Waals surface area contributed by atoms with Gasteiger partial charge >= 0.3 is 0 Å². The lowest BCUT2D eigenvalue weighted by Gasteiger charge is -2.29. The number of nitrogens with zero attached hydrogens (tertiary/aromatic N) is 5. The number of anilines is 1. The molecule has 1 saturated heterocycles. The Kier molecular flexibility index (Phi) is 8.10. The van der Waals surface area contributed by atoms with Crippen LogP contribution in [0.15, 0.2) is 64.9 Å². The summed E-state index contributed by atoms with van der Waals surface area (Å²) in [4.78, 5) is 23.1. The third-order valence-corrected chi connectivity index (χ3v) is 5.62. The first-order chi connectivity index (χ1) is 14.7. The molecule has 0 radical (unpaired) electrons. The van der Waals surface area contributed by atoms with Crippen LogP contribution in [-0.2, 0) is 4.79 Å². The maximum Gasteiger partial charge on any atom is 0.230 e. The Morgan fingerprint density at radius 2 is 1.97 bits per heavy atom. The first-order valence-electron chi connectivity index (χ1n) is 9.60. The Balaban J connectivity index is 0.000000589. The molecule has 0 saturated carbocycles. The molecular weight excluding hydrogens is 400 g/mol. The van der Waals surface area contributed by atoms with Crippen LogP contribution in [0.2, 0.25) is 0 Å². The highest BCUT2D eigenvalue weighted by molar-refractivity contribution is 7.97. The third-order valence-electron chi connectivity index (χ3n) is 4.51. The largest absolute Gasteiger partial charge is 0.388 e. The molecule has 0 bridgehead atoms. The molecule has 0 spiro atoms. The smallest absolute Gasteiger partial charge is 0.230 e. The SMILES string of the molecule is C=CC=O.CNc1ccc(SN2CCC(c3nc(-c4cnccn4)no3)CC2)cc1. The molecule has 30 heavy (non-hydrogen) atoms. The standard InChI is InChI=1S/C18H20N6OS.C3H4O/c1-19-14-2-4-15(5-3-14)26-24-10-6-13(7-11-24)18-22-17(23-25-18)16-12-20-8-9-21-16;1-2-3-4/h2-5,8-9,12-13,19H,6-7,10-11H2,1H3;2-3H,1H2. The molecule has 1 aliphatic heterocycles. The number of carbonyl (C=O) groups is 1. The molecule has 1 fully saturated rings. The van der Waals surface area contributed by atoms with E-state index in [0.29, 0.717) is 29.6 Å². The van der Waals surface area contributed by atoms with Gasteiger partial charge in [0.15, 0.2) is 0 Å². The average molecular weight is 425 g/mol. The van der Waals surface area contributed by atoms with Crippen LogP contribution in [0.1, 0.15) is 24.7 Å². The van der Waals surface area contributed by atoms with Crippen molar-refractivity contribution in [1.82, 2.24) is 24.4 Å². The monoisotopic (exact) mass is 424 g/mol. The minimum absolute atomic E-state index is 0.302. The maximum atomic E-state index is 9.06. The molecule has 3 heterocycles. The van der Waals surface area contributed by atoms with Gasteiger partial charge in [-0.25, -0.2) is 9.29 Å². The van der Waals surface area contributed by atoms with Crippen molar-refractivity contribution in [2.24, 2.45) is 0 Å². The molecule has 0 unspecified atom stereocenters. The van der Waals surface area contributed by atoms with E-state index in [1.165, 1.54) is 11.0 Å². The van der Waals surface area contributed by atoms with E-state index in [1.807, 2.05) is 7.05 Å². The summed E-state index contributed by atoms with van der Waals surface area (Å²) in [6.45, 7) is 5.10. The molecule has 2 aromatic heterocycles. The summed E-state index contributed by atoms with van der Waals surface area (Å²) >= 11 is 1.80. The van der Waals surface area contributed by atoms with Crippen molar-refractivity contribution in [1.29, 1.82) is 0 Å². The summed E-state index contributed by atoms with van der Waals surface area (Å²) in [5, 5.41) is 7.19. The van der Waals surface area contributed by atoms with E-state index in [-0.39, 0.29) is 0 Å². The molecule has 8 nitrogen and oxygen atoms in total. The molecule has 4 rings (SSSR count). The van der Waals surface area contributed by atoms with Gasteiger partial charge in [-0.3, -0.25) is 9.78 Å². The van der Waals surface area contributed by atoms with E-state index in [9.17, 15) is 0 Å². The van der Waals surface area contributed by atoms with E-state index in [0.717, 1.165) is 31.6 Å². The molecule has 1 N–H and O–H groups in total. The Hall–Kier alpha value is -3.04. The van der Waals surface area contributed by atoms with Crippen LogP contribution in [0.3, 0.4) is 0 Å². The van der Waals surface area contributed by atoms with Crippen molar-refractivity contribution in [3.8, 4) is 11.5 Å².